The summed E-state index contributed by atoms with van der Waals surface area (Å²) < 4.78 is 30.8. The third-order valence-electron chi connectivity index (χ3n) is 14.9. The molecule has 0 spiro atoms. The average Bonchev–Trinajstić information content (AvgIpc) is 3.31. The van der Waals surface area contributed by atoms with Crippen LogP contribution in [0.4, 0.5) is 0 Å². The van der Waals surface area contributed by atoms with E-state index in [1.54, 1.807) is 0 Å². The highest BCUT2D eigenvalue weighted by Crippen LogP contribution is 2.60. The summed E-state index contributed by atoms with van der Waals surface area (Å²) in [4.78, 5) is 42.1. The number of carbonyl (C=O) groups excluding carboxylic acids is 3. The number of rotatable bonds is 45. The first-order valence-corrected chi connectivity index (χ1v) is 29.0. The van der Waals surface area contributed by atoms with Gasteiger partial charge in [-0.25, -0.2) is 0 Å². The van der Waals surface area contributed by atoms with Gasteiger partial charge in [-0.15, -0.1) is 0 Å². The minimum absolute atomic E-state index is 0.103. The number of allylic oxidation sites excluding steroid dienone is 2. The number of unbranched alkanes of at least 4 members (excludes halogenated alkanes) is 20. The molecule has 2 aliphatic rings. The van der Waals surface area contributed by atoms with Gasteiger partial charge in [-0.05, 0) is 109 Å². The van der Waals surface area contributed by atoms with Crippen molar-refractivity contribution >= 4 is 17.9 Å². The first kappa shape index (κ1) is 62.1. The molecule has 398 valence electrons. The largest absolute Gasteiger partial charge is 0.465 e. The lowest BCUT2D eigenvalue weighted by molar-refractivity contribution is -0.172. The van der Waals surface area contributed by atoms with Crippen LogP contribution >= 0.6 is 0 Å². The van der Waals surface area contributed by atoms with Crippen LogP contribution in [0.2, 0.25) is 0 Å². The number of hydrogen-bond donors (Lipinski definition) is 0. The van der Waals surface area contributed by atoms with Crippen molar-refractivity contribution in [2.75, 3.05) is 52.7 Å². The molecular formula is C59H109NO8. The van der Waals surface area contributed by atoms with E-state index in [0.717, 1.165) is 110 Å². The Labute approximate surface area is 419 Å². The standard InChI is InChI=1S/C59H109NO8/c1-8-13-16-19-21-22-23-24-25-26-27-28-29-30-33-37-53(61)66-49-57(6)44-52-45-58(7,50-67-54(62)38-36-41-60(11-4)12-5)48-59(46-52,47-57)51-68-55(63)39-40-56(64-42-34-31-18-15-10-3)65-43-35-32-20-17-14-9-2/h24-25,52,56H,8-23,26-51H2,1-7H3/b25-24-. The summed E-state index contributed by atoms with van der Waals surface area (Å²) in [5.74, 6) is -0.105. The van der Waals surface area contributed by atoms with Gasteiger partial charge in [-0.1, -0.05) is 170 Å². The fraction of sp³-hybridized carbons (Fsp3) is 0.915. The maximum absolute atomic E-state index is 13.6. The molecule has 9 heteroatoms. The van der Waals surface area contributed by atoms with E-state index >= 15 is 0 Å². The Morgan fingerprint density at radius 3 is 1.40 bits per heavy atom. The highest BCUT2D eigenvalue weighted by molar-refractivity contribution is 5.70. The monoisotopic (exact) mass is 960 g/mol. The molecule has 2 aliphatic carbocycles. The molecule has 0 saturated heterocycles. The van der Waals surface area contributed by atoms with Crippen molar-refractivity contribution in [1.82, 2.24) is 4.90 Å². The summed E-state index contributed by atoms with van der Waals surface area (Å²) in [5, 5.41) is 0. The van der Waals surface area contributed by atoms with Crippen molar-refractivity contribution in [2.45, 2.75) is 273 Å². The number of carbonyl (C=O) groups is 3. The van der Waals surface area contributed by atoms with E-state index in [2.05, 4.69) is 65.5 Å². The first-order valence-electron chi connectivity index (χ1n) is 29.0. The molecule has 0 aromatic heterocycles. The molecule has 68 heavy (non-hydrogen) atoms. The lowest BCUT2D eigenvalue weighted by Crippen LogP contribution is -2.52. The van der Waals surface area contributed by atoms with Crippen LogP contribution in [0.1, 0.15) is 267 Å². The zero-order valence-corrected chi connectivity index (χ0v) is 45.7. The average molecular weight is 961 g/mol. The summed E-state index contributed by atoms with van der Waals surface area (Å²) >= 11 is 0. The van der Waals surface area contributed by atoms with Crippen LogP contribution in [0.25, 0.3) is 0 Å². The van der Waals surface area contributed by atoms with Gasteiger partial charge in [0, 0.05) is 48.7 Å². The van der Waals surface area contributed by atoms with Crippen LogP contribution in [0.5, 0.6) is 0 Å². The Hall–Kier alpha value is -1.97. The van der Waals surface area contributed by atoms with Crippen molar-refractivity contribution in [1.29, 1.82) is 0 Å². The van der Waals surface area contributed by atoms with E-state index in [9.17, 15) is 14.4 Å². The molecule has 2 bridgehead atoms. The summed E-state index contributed by atoms with van der Waals surface area (Å²) in [7, 11) is 0. The quantitative estimate of drug-likeness (QED) is 0.0194. The van der Waals surface area contributed by atoms with E-state index in [1.807, 2.05) is 0 Å². The highest BCUT2D eigenvalue weighted by Gasteiger charge is 2.55. The third kappa shape index (κ3) is 30.0. The van der Waals surface area contributed by atoms with Crippen LogP contribution in [0.3, 0.4) is 0 Å². The van der Waals surface area contributed by atoms with Gasteiger partial charge in [0.15, 0.2) is 6.29 Å². The Morgan fingerprint density at radius 1 is 0.500 bits per heavy atom. The molecule has 2 saturated carbocycles. The molecule has 2 fully saturated rings. The Balaban J connectivity index is 1.96. The Bertz CT molecular complexity index is 1300. The van der Waals surface area contributed by atoms with Gasteiger partial charge in [-0.3, -0.25) is 14.4 Å². The van der Waals surface area contributed by atoms with E-state index < -0.39 is 6.29 Å². The van der Waals surface area contributed by atoms with Crippen LogP contribution in [0.15, 0.2) is 12.2 Å². The molecule has 5 atom stereocenters. The van der Waals surface area contributed by atoms with E-state index in [4.69, 9.17) is 23.7 Å². The zero-order valence-electron chi connectivity index (χ0n) is 45.7. The predicted molar refractivity (Wildman–Crippen MR) is 282 cm³/mol. The SMILES string of the molecule is CCCCCCCC/C=C\CCCCCCCC(=O)OCC1(C)CC2CC(C)(COC(=O)CCCN(CC)CC)CC(COC(=O)CCC(OCCCCCCC)OCCCCCCCC)(C2)C1. The maximum atomic E-state index is 13.6. The van der Waals surface area contributed by atoms with E-state index in [0.29, 0.717) is 58.2 Å². The highest BCUT2D eigenvalue weighted by atomic mass is 16.7. The molecule has 9 nitrogen and oxygen atoms in total. The zero-order chi connectivity index (χ0) is 49.6. The first-order chi connectivity index (χ1) is 32.9. The van der Waals surface area contributed by atoms with Crippen LogP contribution in [-0.2, 0) is 38.1 Å². The molecule has 0 aliphatic heterocycles. The molecular weight excluding hydrogens is 851 g/mol. The van der Waals surface area contributed by atoms with Crippen LogP contribution in [0, 0.1) is 22.2 Å². The third-order valence-corrected chi connectivity index (χ3v) is 14.9. The summed E-state index contributed by atoms with van der Waals surface area (Å²) in [6, 6.07) is 0. The molecule has 0 aromatic carbocycles. The molecule has 0 radical (unpaired) electrons. The molecule has 0 heterocycles. The number of ether oxygens (including phenoxy) is 5. The maximum Gasteiger partial charge on any atom is 0.305 e. The van der Waals surface area contributed by atoms with Crippen molar-refractivity contribution in [3.63, 3.8) is 0 Å². The second-order valence-corrected chi connectivity index (χ2v) is 22.3. The van der Waals surface area contributed by atoms with Gasteiger partial charge < -0.3 is 28.6 Å². The van der Waals surface area contributed by atoms with Gasteiger partial charge in [0.05, 0.1) is 26.2 Å². The molecule has 0 aromatic rings. The smallest absolute Gasteiger partial charge is 0.305 e. The second kappa shape index (κ2) is 38.7. The van der Waals surface area contributed by atoms with Gasteiger partial charge >= 0.3 is 17.9 Å². The molecule has 5 unspecified atom stereocenters. The second-order valence-electron chi connectivity index (χ2n) is 22.3. The summed E-state index contributed by atoms with van der Waals surface area (Å²) in [6.45, 7) is 20.8. The van der Waals surface area contributed by atoms with E-state index in [1.165, 1.54) is 103 Å². The Morgan fingerprint density at radius 2 is 0.912 bits per heavy atom. The predicted octanol–water partition coefficient (Wildman–Crippen LogP) is 15.8. The number of nitrogens with zero attached hydrogens (tertiary/aromatic N) is 1. The van der Waals surface area contributed by atoms with Gasteiger partial charge in [0.25, 0.3) is 0 Å². The van der Waals surface area contributed by atoms with Gasteiger partial charge in [0.1, 0.15) is 0 Å². The number of hydrogen-bond acceptors (Lipinski definition) is 9. The topological polar surface area (TPSA) is 101 Å². The lowest BCUT2D eigenvalue weighted by Gasteiger charge is -2.57. The molecule has 0 amide bonds. The normalized spacial score (nSPS) is 21.9. The van der Waals surface area contributed by atoms with Crippen molar-refractivity contribution in [3.05, 3.63) is 12.2 Å². The van der Waals surface area contributed by atoms with Crippen molar-refractivity contribution < 1.29 is 38.1 Å². The van der Waals surface area contributed by atoms with Crippen molar-refractivity contribution in [3.8, 4) is 0 Å². The number of esters is 3. The van der Waals surface area contributed by atoms with E-state index in [-0.39, 0.29) is 40.6 Å². The number of fused-ring (bicyclic) bond motifs is 2. The van der Waals surface area contributed by atoms with Crippen LogP contribution < -0.4 is 0 Å². The van der Waals surface area contributed by atoms with Crippen LogP contribution in [-0.4, -0.2) is 81.8 Å². The molecule has 2 rings (SSSR count). The summed E-state index contributed by atoms with van der Waals surface area (Å²) in [5.41, 5.74) is -0.753. The van der Waals surface area contributed by atoms with Crippen molar-refractivity contribution in [2.24, 2.45) is 22.2 Å². The Kier molecular flexibility index (Phi) is 35.3. The van der Waals surface area contributed by atoms with Gasteiger partial charge in [0.2, 0.25) is 0 Å². The summed E-state index contributed by atoms with van der Waals surface area (Å²) in [6.07, 6.45) is 40.1. The fourth-order valence-electron chi connectivity index (χ4n) is 11.5. The molecule has 0 N–H and O–H groups in total. The minimum Gasteiger partial charge on any atom is -0.465 e. The van der Waals surface area contributed by atoms with Gasteiger partial charge in [-0.2, -0.15) is 0 Å². The fourth-order valence-corrected chi connectivity index (χ4v) is 11.5. The lowest BCUT2D eigenvalue weighted by atomic mass is 9.49. The minimum atomic E-state index is -0.411.